The molecule has 0 aliphatic rings. The molecule has 1 heterocycles. The van der Waals surface area contributed by atoms with Crippen LogP contribution in [0.4, 0.5) is 0 Å². The first-order valence-electron chi connectivity index (χ1n) is 7.43. The van der Waals surface area contributed by atoms with Crippen LogP contribution in [0.1, 0.15) is 0 Å². The van der Waals surface area contributed by atoms with Gasteiger partial charge in [0.15, 0.2) is 5.75 Å². The first kappa shape index (κ1) is 16.2. The molecule has 0 saturated carbocycles. The van der Waals surface area contributed by atoms with Crippen LogP contribution in [0.3, 0.4) is 0 Å². The first-order valence-corrected chi connectivity index (χ1v) is 8.41. The minimum Gasteiger partial charge on any atom is -0.503 e. The van der Waals surface area contributed by atoms with Gasteiger partial charge in [0.25, 0.3) is 5.56 Å². The second kappa shape index (κ2) is 7.27. The lowest BCUT2D eigenvalue weighted by atomic mass is 10.1. The molecule has 5 heteroatoms. The van der Waals surface area contributed by atoms with Gasteiger partial charge in [-0.05, 0) is 47.5 Å². The predicted octanol–water partition coefficient (Wildman–Crippen LogP) is 3.98. The smallest absolute Gasteiger partial charge is 0.293 e. The second-order valence-electron chi connectivity index (χ2n) is 5.19. The molecule has 24 heavy (non-hydrogen) atoms. The molecule has 0 saturated heterocycles. The van der Waals surface area contributed by atoms with Gasteiger partial charge in [0.1, 0.15) is 5.75 Å². The standard InChI is InChI=1S/C19H17NO3S/c1-23-16-8-4-14(5-9-16)15-6-10-17(11-7-15)24-13-20-12-2-3-18(21)19(20)22/h2-12,21H,13H2,1H3. The fraction of sp³-hybridized carbons (Fsp3) is 0.105. The van der Waals surface area contributed by atoms with E-state index in [4.69, 9.17) is 4.74 Å². The summed E-state index contributed by atoms with van der Waals surface area (Å²) in [5.74, 6) is 1.06. The molecule has 0 spiro atoms. The van der Waals surface area contributed by atoms with E-state index in [-0.39, 0.29) is 11.3 Å². The van der Waals surface area contributed by atoms with Gasteiger partial charge in [-0.1, -0.05) is 24.3 Å². The first-order chi connectivity index (χ1) is 11.7. The Morgan fingerprint density at radius 2 is 1.62 bits per heavy atom. The summed E-state index contributed by atoms with van der Waals surface area (Å²) in [6, 6.07) is 19.1. The number of benzene rings is 2. The molecule has 0 fully saturated rings. The monoisotopic (exact) mass is 339 g/mol. The maximum Gasteiger partial charge on any atom is 0.293 e. The Balaban J connectivity index is 1.70. The summed E-state index contributed by atoms with van der Waals surface area (Å²) in [7, 11) is 1.65. The molecule has 2 aromatic carbocycles. The molecule has 0 aliphatic heterocycles. The van der Waals surface area contributed by atoms with Crippen LogP contribution in [-0.4, -0.2) is 16.8 Å². The van der Waals surface area contributed by atoms with Crippen LogP contribution >= 0.6 is 11.8 Å². The number of hydrogen-bond acceptors (Lipinski definition) is 4. The number of methoxy groups -OCH3 is 1. The summed E-state index contributed by atoms with van der Waals surface area (Å²) >= 11 is 1.54. The number of aromatic nitrogens is 1. The summed E-state index contributed by atoms with van der Waals surface area (Å²) in [5.41, 5.74) is 1.87. The predicted molar refractivity (Wildman–Crippen MR) is 96.7 cm³/mol. The molecule has 0 unspecified atom stereocenters. The number of pyridine rings is 1. The zero-order valence-electron chi connectivity index (χ0n) is 13.2. The van der Waals surface area contributed by atoms with E-state index in [1.54, 1.807) is 19.4 Å². The van der Waals surface area contributed by atoms with E-state index in [1.165, 1.54) is 22.4 Å². The average Bonchev–Trinajstić information content (AvgIpc) is 2.63. The normalized spacial score (nSPS) is 10.5. The van der Waals surface area contributed by atoms with Gasteiger partial charge in [-0.2, -0.15) is 0 Å². The minimum atomic E-state index is -0.375. The summed E-state index contributed by atoms with van der Waals surface area (Å²) in [5, 5.41) is 9.45. The summed E-state index contributed by atoms with van der Waals surface area (Å²) < 4.78 is 6.65. The van der Waals surface area contributed by atoms with Crippen LogP contribution in [0.2, 0.25) is 0 Å². The Hall–Kier alpha value is -2.66. The van der Waals surface area contributed by atoms with E-state index in [2.05, 4.69) is 12.1 Å². The van der Waals surface area contributed by atoms with Gasteiger partial charge in [0.05, 0.1) is 13.0 Å². The van der Waals surface area contributed by atoms with Crippen LogP contribution in [0.15, 0.2) is 76.6 Å². The Labute approximate surface area is 144 Å². The van der Waals surface area contributed by atoms with E-state index in [1.807, 2.05) is 36.4 Å². The molecule has 0 radical (unpaired) electrons. The van der Waals surface area contributed by atoms with Crippen molar-refractivity contribution in [2.24, 2.45) is 0 Å². The molecule has 3 aromatic rings. The van der Waals surface area contributed by atoms with Crippen LogP contribution in [-0.2, 0) is 5.88 Å². The van der Waals surface area contributed by atoms with Gasteiger partial charge in [-0.25, -0.2) is 0 Å². The van der Waals surface area contributed by atoms with Crippen molar-refractivity contribution in [3.8, 4) is 22.6 Å². The zero-order valence-corrected chi connectivity index (χ0v) is 14.0. The van der Waals surface area contributed by atoms with Crippen molar-refractivity contribution in [3.63, 3.8) is 0 Å². The van der Waals surface area contributed by atoms with Gasteiger partial charge >= 0.3 is 0 Å². The van der Waals surface area contributed by atoms with E-state index in [0.29, 0.717) is 5.88 Å². The van der Waals surface area contributed by atoms with Crippen molar-refractivity contribution in [1.82, 2.24) is 4.57 Å². The SMILES string of the molecule is COc1ccc(-c2ccc(SCn3cccc(O)c3=O)cc2)cc1. The van der Waals surface area contributed by atoms with Crippen LogP contribution < -0.4 is 10.3 Å². The lowest BCUT2D eigenvalue weighted by Crippen LogP contribution is -2.17. The Bertz CT molecular complexity index is 870. The number of aromatic hydroxyl groups is 1. The molecular formula is C19H17NO3S. The number of hydrogen-bond donors (Lipinski definition) is 1. The van der Waals surface area contributed by atoms with E-state index < -0.39 is 0 Å². The van der Waals surface area contributed by atoms with E-state index in [0.717, 1.165) is 21.8 Å². The third-order valence-electron chi connectivity index (χ3n) is 3.65. The lowest BCUT2D eigenvalue weighted by Gasteiger charge is -2.07. The highest BCUT2D eigenvalue weighted by molar-refractivity contribution is 7.98. The Morgan fingerprint density at radius 3 is 2.25 bits per heavy atom. The highest BCUT2D eigenvalue weighted by Gasteiger charge is 2.03. The van der Waals surface area contributed by atoms with Crippen molar-refractivity contribution in [1.29, 1.82) is 0 Å². The Morgan fingerprint density at radius 1 is 1.00 bits per heavy atom. The van der Waals surface area contributed by atoms with Gasteiger partial charge < -0.3 is 14.4 Å². The fourth-order valence-corrected chi connectivity index (χ4v) is 3.12. The van der Waals surface area contributed by atoms with Crippen molar-refractivity contribution in [2.75, 3.05) is 7.11 Å². The van der Waals surface area contributed by atoms with Crippen LogP contribution in [0.5, 0.6) is 11.5 Å². The topological polar surface area (TPSA) is 51.5 Å². The van der Waals surface area contributed by atoms with E-state index in [9.17, 15) is 9.90 Å². The highest BCUT2D eigenvalue weighted by atomic mass is 32.2. The molecule has 0 aliphatic carbocycles. The molecule has 1 aromatic heterocycles. The number of nitrogens with zero attached hydrogens (tertiary/aromatic N) is 1. The molecule has 3 rings (SSSR count). The molecule has 0 amide bonds. The van der Waals surface area contributed by atoms with Crippen molar-refractivity contribution in [3.05, 3.63) is 77.2 Å². The fourth-order valence-electron chi connectivity index (χ4n) is 2.30. The molecule has 4 nitrogen and oxygen atoms in total. The summed E-state index contributed by atoms with van der Waals surface area (Å²) in [4.78, 5) is 12.8. The maximum absolute atomic E-state index is 11.8. The van der Waals surface area contributed by atoms with Crippen LogP contribution in [0.25, 0.3) is 11.1 Å². The number of thioether (sulfide) groups is 1. The van der Waals surface area contributed by atoms with Gasteiger partial charge in [0, 0.05) is 11.1 Å². The van der Waals surface area contributed by atoms with Crippen molar-refractivity contribution >= 4 is 11.8 Å². The second-order valence-corrected chi connectivity index (χ2v) is 6.21. The zero-order chi connectivity index (χ0) is 16.9. The Kier molecular flexibility index (Phi) is 4.91. The van der Waals surface area contributed by atoms with E-state index >= 15 is 0 Å². The van der Waals surface area contributed by atoms with Gasteiger partial charge in [0.2, 0.25) is 0 Å². The van der Waals surface area contributed by atoms with Crippen molar-refractivity contribution < 1.29 is 9.84 Å². The molecular weight excluding hydrogens is 322 g/mol. The van der Waals surface area contributed by atoms with Gasteiger partial charge in [-0.3, -0.25) is 4.79 Å². The minimum absolute atomic E-state index is 0.229. The average molecular weight is 339 g/mol. The molecule has 122 valence electrons. The van der Waals surface area contributed by atoms with Crippen molar-refractivity contribution in [2.45, 2.75) is 10.8 Å². The number of rotatable bonds is 5. The molecule has 1 N–H and O–H groups in total. The quantitative estimate of drug-likeness (QED) is 0.715. The summed E-state index contributed by atoms with van der Waals surface area (Å²) in [6.45, 7) is 0. The highest BCUT2D eigenvalue weighted by Crippen LogP contribution is 2.26. The molecule has 0 atom stereocenters. The third-order valence-corrected chi connectivity index (χ3v) is 4.66. The third kappa shape index (κ3) is 3.63. The number of ether oxygens (including phenoxy) is 1. The van der Waals surface area contributed by atoms with Crippen LogP contribution in [0, 0.1) is 0 Å². The lowest BCUT2D eigenvalue weighted by molar-refractivity contribution is 0.415. The summed E-state index contributed by atoms with van der Waals surface area (Å²) in [6.07, 6.45) is 1.67. The van der Waals surface area contributed by atoms with Gasteiger partial charge in [-0.15, -0.1) is 11.8 Å². The maximum atomic E-state index is 11.8. The largest absolute Gasteiger partial charge is 0.503 e. The molecule has 0 bridgehead atoms.